The summed E-state index contributed by atoms with van der Waals surface area (Å²) in [5.74, 6) is -1.25. The lowest BCUT2D eigenvalue weighted by Gasteiger charge is -2.34. The molecule has 0 radical (unpaired) electrons. The molecule has 3 rings (SSSR count). The molecule has 2 atom stereocenters. The van der Waals surface area contributed by atoms with Crippen molar-refractivity contribution >= 4 is 17.6 Å². The monoisotopic (exact) mass is 328 g/mol. The molecule has 0 bridgehead atoms. The summed E-state index contributed by atoms with van der Waals surface area (Å²) in [6.45, 7) is 5.84. The quantitative estimate of drug-likeness (QED) is 0.936. The highest BCUT2D eigenvalue weighted by Crippen LogP contribution is 2.37. The lowest BCUT2D eigenvalue weighted by Crippen LogP contribution is -2.40. The molecule has 1 N–H and O–H groups in total. The van der Waals surface area contributed by atoms with Crippen LogP contribution in [0.3, 0.4) is 0 Å². The first-order chi connectivity index (χ1) is 11.4. The van der Waals surface area contributed by atoms with Gasteiger partial charge >= 0.3 is 5.97 Å². The Hall–Kier alpha value is -2.63. The predicted molar refractivity (Wildman–Crippen MR) is 88.2 cm³/mol. The minimum Gasteiger partial charge on any atom is -0.481 e. The predicted octanol–water partition coefficient (Wildman–Crippen LogP) is 3.00. The van der Waals surface area contributed by atoms with Crippen LogP contribution in [-0.2, 0) is 9.59 Å². The molecule has 2 heterocycles. The maximum atomic E-state index is 13.0. The Bertz CT molecular complexity index is 777. The molecule has 1 amide bonds. The number of hydrogen-bond donors (Lipinski definition) is 1. The molecule has 2 unspecified atom stereocenters. The van der Waals surface area contributed by atoms with Crippen LogP contribution >= 0.6 is 0 Å². The summed E-state index contributed by atoms with van der Waals surface area (Å²) in [6.07, 6.45) is 0.409. The van der Waals surface area contributed by atoms with Gasteiger partial charge in [0.05, 0.1) is 17.5 Å². The molecule has 6 nitrogen and oxygen atoms in total. The minimum absolute atomic E-state index is 0.0688. The molecule has 126 valence electrons. The lowest BCUT2D eigenvalue weighted by atomic mass is 9.88. The highest BCUT2D eigenvalue weighted by molar-refractivity contribution is 6.00. The maximum Gasteiger partial charge on any atom is 0.311 e. The van der Waals surface area contributed by atoms with Crippen molar-refractivity contribution in [1.82, 2.24) is 5.16 Å². The summed E-state index contributed by atoms with van der Waals surface area (Å²) in [6, 6.07) is 7.22. The third kappa shape index (κ3) is 2.58. The molecule has 0 saturated heterocycles. The average Bonchev–Trinajstić information content (AvgIpc) is 2.91. The second kappa shape index (κ2) is 6.11. The SMILES string of the molecule is Cc1noc(C)c1C(C)C(=O)N1CCC(C(=O)O)c2ccccc21. The van der Waals surface area contributed by atoms with Crippen molar-refractivity contribution in [3.8, 4) is 0 Å². The Labute approximate surface area is 140 Å². The molecule has 0 saturated carbocycles. The number of carboxylic acid groups (broad SMARTS) is 1. The van der Waals surface area contributed by atoms with E-state index in [0.29, 0.717) is 35.7 Å². The largest absolute Gasteiger partial charge is 0.481 e. The minimum atomic E-state index is -0.853. The first kappa shape index (κ1) is 16.2. The van der Waals surface area contributed by atoms with Crippen LogP contribution < -0.4 is 4.90 Å². The summed E-state index contributed by atoms with van der Waals surface area (Å²) in [7, 11) is 0. The molecular weight excluding hydrogens is 308 g/mol. The number of aryl methyl sites for hydroxylation is 2. The Morgan fingerprint density at radius 2 is 2.04 bits per heavy atom. The number of nitrogens with zero attached hydrogens (tertiary/aromatic N) is 2. The van der Waals surface area contributed by atoms with Crippen LogP contribution in [0.4, 0.5) is 5.69 Å². The van der Waals surface area contributed by atoms with E-state index in [1.165, 1.54) is 0 Å². The van der Waals surface area contributed by atoms with Crippen LogP contribution in [0.15, 0.2) is 28.8 Å². The summed E-state index contributed by atoms with van der Waals surface area (Å²) >= 11 is 0. The van der Waals surface area contributed by atoms with Gasteiger partial charge < -0.3 is 14.5 Å². The standard InChI is InChI=1S/C18H20N2O4/c1-10(16-11(2)19-24-12(16)3)17(21)20-9-8-14(18(22)23)13-6-4-5-7-15(13)20/h4-7,10,14H,8-9H2,1-3H3,(H,22,23). The van der Waals surface area contributed by atoms with E-state index in [0.717, 1.165) is 5.56 Å². The number of rotatable bonds is 3. The number of carbonyl (C=O) groups excluding carboxylic acids is 1. The smallest absolute Gasteiger partial charge is 0.311 e. The zero-order valence-electron chi connectivity index (χ0n) is 13.9. The van der Waals surface area contributed by atoms with E-state index >= 15 is 0 Å². The zero-order valence-corrected chi connectivity index (χ0v) is 13.9. The molecule has 2 aromatic rings. The molecule has 1 aliphatic heterocycles. The van der Waals surface area contributed by atoms with Gasteiger partial charge in [0.1, 0.15) is 5.76 Å². The summed E-state index contributed by atoms with van der Waals surface area (Å²) in [5.41, 5.74) is 2.88. The van der Waals surface area contributed by atoms with Gasteiger partial charge in [-0.15, -0.1) is 0 Å². The lowest BCUT2D eigenvalue weighted by molar-refractivity contribution is -0.139. The van der Waals surface area contributed by atoms with Gasteiger partial charge in [-0.3, -0.25) is 9.59 Å². The van der Waals surface area contributed by atoms with Crippen LogP contribution in [0.5, 0.6) is 0 Å². The molecule has 6 heteroatoms. The highest BCUT2D eigenvalue weighted by Gasteiger charge is 2.35. The summed E-state index contributed by atoms with van der Waals surface area (Å²) in [4.78, 5) is 26.2. The van der Waals surface area contributed by atoms with E-state index in [9.17, 15) is 14.7 Å². The van der Waals surface area contributed by atoms with Gasteiger partial charge in [0.25, 0.3) is 0 Å². The Kier molecular flexibility index (Phi) is 4.13. The van der Waals surface area contributed by atoms with Gasteiger partial charge in [0.15, 0.2) is 0 Å². The fraction of sp³-hybridized carbons (Fsp3) is 0.389. The van der Waals surface area contributed by atoms with Crippen LogP contribution in [0, 0.1) is 13.8 Å². The normalized spacial score (nSPS) is 18.1. The number of para-hydroxylation sites is 1. The van der Waals surface area contributed by atoms with E-state index in [-0.39, 0.29) is 5.91 Å². The molecule has 1 aromatic carbocycles. The Balaban J connectivity index is 1.96. The van der Waals surface area contributed by atoms with Gasteiger partial charge in [-0.05, 0) is 38.8 Å². The van der Waals surface area contributed by atoms with Crippen molar-refractivity contribution in [2.75, 3.05) is 11.4 Å². The van der Waals surface area contributed by atoms with Gasteiger partial charge in [-0.2, -0.15) is 0 Å². The van der Waals surface area contributed by atoms with Crippen molar-refractivity contribution in [3.05, 3.63) is 46.8 Å². The molecular formula is C18H20N2O4. The average molecular weight is 328 g/mol. The number of benzene rings is 1. The van der Waals surface area contributed by atoms with Crippen molar-refractivity contribution in [1.29, 1.82) is 0 Å². The molecule has 0 fully saturated rings. The van der Waals surface area contributed by atoms with E-state index in [2.05, 4.69) is 5.16 Å². The van der Waals surface area contributed by atoms with Crippen LogP contribution in [-0.4, -0.2) is 28.7 Å². The van der Waals surface area contributed by atoms with Crippen molar-refractivity contribution < 1.29 is 19.2 Å². The van der Waals surface area contributed by atoms with E-state index in [4.69, 9.17) is 4.52 Å². The maximum absolute atomic E-state index is 13.0. The first-order valence-corrected chi connectivity index (χ1v) is 7.97. The molecule has 1 aromatic heterocycles. The molecule has 0 aliphatic carbocycles. The van der Waals surface area contributed by atoms with Gasteiger partial charge in [-0.25, -0.2) is 0 Å². The number of aliphatic carboxylic acids is 1. The van der Waals surface area contributed by atoms with Crippen LogP contribution in [0.2, 0.25) is 0 Å². The fourth-order valence-electron chi connectivity index (χ4n) is 3.51. The number of carboxylic acids is 1. The third-order valence-corrected chi connectivity index (χ3v) is 4.70. The van der Waals surface area contributed by atoms with E-state index in [1.54, 1.807) is 24.0 Å². The van der Waals surface area contributed by atoms with Gasteiger partial charge in [0.2, 0.25) is 5.91 Å². The highest BCUT2D eigenvalue weighted by atomic mass is 16.5. The topological polar surface area (TPSA) is 83.6 Å². The van der Waals surface area contributed by atoms with Crippen molar-refractivity contribution in [2.24, 2.45) is 0 Å². The third-order valence-electron chi connectivity index (χ3n) is 4.70. The number of carbonyl (C=O) groups is 2. The van der Waals surface area contributed by atoms with Crippen LogP contribution in [0.1, 0.15) is 47.8 Å². The molecule has 1 aliphatic rings. The second-order valence-electron chi connectivity index (χ2n) is 6.19. The molecule has 0 spiro atoms. The Morgan fingerprint density at radius 1 is 1.33 bits per heavy atom. The van der Waals surface area contributed by atoms with Crippen molar-refractivity contribution in [2.45, 2.75) is 39.0 Å². The number of hydrogen-bond acceptors (Lipinski definition) is 4. The zero-order chi connectivity index (χ0) is 17.4. The summed E-state index contributed by atoms with van der Waals surface area (Å²) < 4.78 is 5.17. The fourth-order valence-corrected chi connectivity index (χ4v) is 3.51. The number of aromatic nitrogens is 1. The summed E-state index contributed by atoms with van der Waals surface area (Å²) in [5, 5.41) is 13.3. The van der Waals surface area contributed by atoms with E-state index < -0.39 is 17.8 Å². The number of fused-ring (bicyclic) bond motifs is 1. The van der Waals surface area contributed by atoms with E-state index in [1.807, 2.05) is 26.0 Å². The van der Waals surface area contributed by atoms with Crippen molar-refractivity contribution in [3.63, 3.8) is 0 Å². The van der Waals surface area contributed by atoms with Gasteiger partial charge in [0, 0.05) is 17.8 Å². The molecule has 24 heavy (non-hydrogen) atoms. The number of anilines is 1. The van der Waals surface area contributed by atoms with Crippen LogP contribution in [0.25, 0.3) is 0 Å². The van der Waals surface area contributed by atoms with Gasteiger partial charge in [-0.1, -0.05) is 23.4 Å². The first-order valence-electron chi connectivity index (χ1n) is 7.97. The Morgan fingerprint density at radius 3 is 2.67 bits per heavy atom. The second-order valence-corrected chi connectivity index (χ2v) is 6.19. The number of amides is 1.